The minimum Gasteiger partial charge on any atom is -0.505 e. The van der Waals surface area contributed by atoms with E-state index in [2.05, 4.69) is 25.9 Å². The number of hydrogen-bond donors (Lipinski definition) is 1. The maximum Gasteiger partial charge on any atom is 0.159 e. The lowest BCUT2D eigenvalue weighted by atomic mass is 10.2. The first-order chi connectivity index (χ1) is 7.04. The van der Waals surface area contributed by atoms with E-state index >= 15 is 0 Å². The van der Waals surface area contributed by atoms with E-state index in [-0.39, 0.29) is 22.4 Å². The molecule has 0 radical (unpaired) electrons. The Bertz CT molecular complexity index is 421. The molecule has 0 unspecified atom stereocenters. The number of aliphatic hydroxyl groups excluding tert-OH is 1. The fraction of sp³-hybridized carbons (Fsp3) is 0.222. The van der Waals surface area contributed by atoms with Crippen LogP contribution in [0.25, 0.3) is 5.76 Å². The summed E-state index contributed by atoms with van der Waals surface area (Å²) < 4.78 is 0.436. The van der Waals surface area contributed by atoms with Gasteiger partial charge in [-0.15, -0.1) is 0 Å². The average Bonchev–Trinajstić information content (AvgIpc) is 2.21. The molecule has 1 heterocycles. The second-order valence-corrected chi connectivity index (χ2v) is 3.85. The Morgan fingerprint density at radius 1 is 1.73 bits per heavy atom. The largest absolute Gasteiger partial charge is 0.505 e. The Morgan fingerprint density at radius 3 is 3.00 bits per heavy atom. The van der Waals surface area contributed by atoms with Crippen molar-refractivity contribution in [2.75, 3.05) is 0 Å². The fourth-order valence-corrected chi connectivity index (χ4v) is 1.31. The molecule has 0 saturated carbocycles. The van der Waals surface area contributed by atoms with Crippen molar-refractivity contribution in [3.05, 3.63) is 27.7 Å². The van der Waals surface area contributed by atoms with Crippen molar-refractivity contribution in [2.45, 2.75) is 13.3 Å². The summed E-state index contributed by atoms with van der Waals surface area (Å²) in [6.45, 7) is 1.69. The number of allylic oxidation sites excluding steroid dienone is 1. The van der Waals surface area contributed by atoms with E-state index < -0.39 is 0 Å². The van der Waals surface area contributed by atoms with Gasteiger partial charge in [-0.05, 0) is 15.9 Å². The van der Waals surface area contributed by atoms with Crippen molar-refractivity contribution in [1.29, 1.82) is 0 Å². The molecule has 0 saturated heterocycles. The quantitative estimate of drug-likeness (QED) is 0.687. The zero-order chi connectivity index (χ0) is 11.4. The molecule has 0 spiro atoms. The van der Waals surface area contributed by atoms with Crippen molar-refractivity contribution in [2.24, 2.45) is 0 Å². The van der Waals surface area contributed by atoms with Crippen LogP contribution in [0.4, 0.5) is 0 Å². The van der Waals surface area contributed by atoms with Gasteiger partial charge < -0.3 is 5.11 Å². The van der Waals surface area contributed by atoms with Gasteiger partial charge >= 0.3 is 0 Å². The van der Waals surface area contributed by atoms with Crippen LogP contribution in [-0.4, -0.2) is 20.9 Å². The van der Waals surface area contributed by atoms with Gasteiger partial charge in [-0.1, -0.05) is 18.5 Å². The summed E-state index contributed by atoms with van der Waals surface area (Å²) in [6, 6.07) is 0. The summed E-state index contributed by atoms with van der Waals surface area (Å²) in [5.41, 5.74) is 0.0906. The van der Waals surface area contributed by atoms with Crippen LogP contribution in [0.1, 0.15) is 19.0 Å². The Balaban J connectivity index is 3.10. The number of carbonyl (C=O) groups is 1. The number of halogens is 2. The number of aromatic nitrogens is 2. The van der Waals surface area contributed by atoms with E-state index in [0.29, 0.717) is 11.0 Å². The van der Waals surface area contributed by atoms with Gasteiger partial charge in [0, 0.05) is 12.5 Å². The summed E-state index contributed by atoms with van der Waals surface area (Å²) in [7, 11) is 0. The molecule has 4 nitrogen and oxygen atoms in total. The Hall–Kier alpha value is -0.940. The molecule has 0 aliphatic rings. The van der Waals surface area contributed by atoms with Gasteiger partial charge in [0.1, 0.15) is 16.1 Å². The minimum absolute atomic E-state index is 0.0517. The smallest absolute Gasteiger partial charge is 0.159 e. The molecule has 0 aliphatic carbocycles. The van der Waals surface area contributed by atoms with Crippen LogP contribution >= 0.6 is 27.5 Å². The SMILES string of the molecule is CCC(=O)/C=C(\O)c1nc(Br)cnc1Cl. The van der Waals surface area contributed by atoms with Crippen LogP contribution in [0.5, 0.6) is 0 Å². The number of rotatable bonds is 3. The van der Waals surface area contributed by atoms with Crippen molar-refractivity contribution in [3.63, 3.8) is 0 Å². The highest BCUT2D eigenvalue weighted by atomic mass is 79.9. The standard InChI is InChI=1S/C9H8BrClN2O2/c1-2-5(14)3-6(15)8-9(11)12-4-7(10)13-8/h3-4,15H,2H2,1H3/b6-3-. The van der Waals surface area contributed by atoms with E-state index in [1.807, 2.05) is 0 Å². The van der Waals surface area contributed by atoms with E-state index in [1.165, 1.54) is 6.20 Å². The molecule has 0 atom stereocenters. The lowest BCUT2D eigenvalue weighted by Crippen LogP contribution is -1.97. The van der Waals surface area contributed by atoms with Crippen LogP contribution in [-0.2, 0) is 4.79 Å². The van der Waals surface area contributed by atoms with Gasteiger partial charge in [-0.2, -0.15) is 0 Å². The average molecular weight is 292 g/mol. The highest BCUT2D eigenvalue weighted by Crippen LogP contribution is 2.19. The topological polar surface area (TPSA) is 63.1 Å². The lowest BCUT2D eigenvalue weighted by Gasteiger charge is -2.01. The molecular formula is C9H8BrClN2O2. The molecular weight excluding hydrogens is 283 g/mol. The van der Waals surface area contributed by atoms with Gasteiger partial charge in [-0.25, -0.2) is 9.97 Å². The zero-order valence-electron chi connectivity index (χ0n) is 7.87. The van der Waals surface area contributed by atoms with Crippen LogP contribution in [0.15, 0.2) is 16.9 Å². The molecule has 1 N–H and O–H groups in total. The Morgan fingerprint density at radius 2 is 2.40 bits per heavy atom. The fourth-order valence-electron chi connectivity index (χ4n) is 0.839. The summed E-state index contributed by atoms with van der Waals surface area (Å²) in [4.78, 5) is 18.7. The third-order valence-electron chi connectivity index (χ3n) is 1.59. The predicted octanol–water partition coefficient (Wildman–Crippen LogP) is 2.77. The molecule has 6 heteroatoms. The van der Waals surface area contributed by atoms with Gasteiger partial charge in [0.2, 0.25) is 0 Å². The highest BCUT2D eigenvalue weighted by molar-refractivity contribution is 9.10. The molecule has 0 aliphatic heterocycles. The molecule has 0 bridgehead atoms. The second kappa shape index (κ2) is 5.23. The van der Waals surface area contributed by atoms with Crippen molar-refractivity contribution in [1.82, 2.24) is 9.97 Å². The van der Waals surface area contributed by atoms with Crippen LogP contribution in [0.2, 0.25) is 5.15 Å². The lowest BCUT2D eigenvalue weighted by molar-refractivity contribution is -0.114. The summed E-state index contributed by atoms with van der Waals surface area (Å²) in [6.07, 6.45) is 2.80. The normalized spacial score (nSPS) is 11.5. The molecule has 0 aromatic carbocycles. The maximum atomic E-state index is 11.1. The summed E-state index contributed by atoms with van der Waals surface area (Å²) in [5.74, 6) is -0.481. The van der Waals surface area contributed by atoms with Crippen molar-refractivity contribution < 1.29 is 9.90 Å². The van der Waals surface area contributed by atoms with Gasteiger partial charge in [0.05, 0.1) is 6.20 Å². The molecule has 1 aromatic rings. The van der Waals surface area contributed by atoms with E-state index in [0.717, 1.165) is 6.08 Å². The third kappa shape index (κ3) is 3.28. The molecule has 0 fully saturated rings. The van der Waals surface area contributed by atoms with E-state index in [9.17, 15) is 9.90 Å². The zero-order valence-corrected chi connectivity index (χ0v) is 10.2. The monoisotopic (exact) mass is 290 g/mol. The molecule has 80 valence electrons. The maximum absolute atomic E-state index is 11.1. The van der Waals surface area contributed by atoms with Crippen LogP contribution in [0.3, 0.4) is 0 Å². The highest BCUT2D eigenvalue weighted by Gasteiger charge is 2.10. The van der Waals surface area contributed by atoms with Crippen LogP contribution < -0.4 is 0 Å². The van der Waals surface area contributed by atoms with E-state index in [4.69, 9.17) is 11.6 Å². The van der Waals surface area contributed by atoms with E-state index in [1.54, 1.807) is 6.92 Å². The summed E-state index contributed by atoms with van der Waals surface area (Å²) >= 11 is 8.80. The first kappa shape index (κ1) is 12.1. The first-order valence-electron chi connectivity index (χ1n) is 4.16. The Labute approximate surface area is 100 Å². The van der Waals surface area contributed by atoms with Gasteiger partial charge in [-0.3, -0.25) is 4.79 Å². The number of carbonyl (C=O) groups excluding carboxylic acids is 1. The number of hydrogen-bond acceptors (Lipinski definition) is 4. The summed E-state index contributed by atoms with van der Waals surface area (Å²) in [5, 5.41) is 9.61. The van der Waals surface area contributed by atoms with Crippen molar-refractivity contribution in [3.8, 4) is 0 Å². The molecule has 0 amide bonds. The molecule has 1 aromatic heterocycles. The second-order valence-electron chi connectivity index (χ2n) is 2.68. The molecule has 15 heavy (non-hydrogen) atoms. The minimum atomic E-state index is -0.277. The van der Waals surface area contributed by atoms with Gasteiger partial charge in [0.15, 0.2) is 10.9 Å². The Kier molecular flexibility index (Phi) is 4.23. The van der Waals surface area contributed by atoms with Crippen molar-refractivity contribution >= 4 is 39.1 Å². The first-order valence-corrected chi connectivity index (χ1v) is 5.33. The number of ketones is 1. The number of aliphatic hydroxyl groups is 1. The number of nitrogens with zero attached hydrogens (tertiary/aromatic N) is 2. The van der Waals surface area contributed by atoms with Gasteiger partial charge in [0.25, 0.3) is 0 Å². The predicted molar refractivity (Wildman–Crippen MR) is 60.6 cm³/mol. The van der Waals surface area contributed by atoms with Crippen LogP contribution in [0, 0.1) is 0 Å². The third-order valence-corrected chi connectivity index (χ3v) is 2.25. The molecule has 1 rings (SSSR count).